The van der Waals surface area contributed by atoms with Gasteiger partial charge in [0.25, 0.3) is 0 Å². The van der Waals surface area contributed by atoms with Crippen molar-refractivity contribution in [2.75, 3.05) is 38.6 Å². The van der Waals surface area contributed by atoms with Gasteiger partial charge in [-0.15, -0.1) is 0 Å². The fraction of sp³-hybridized carbons (Fsp3) is 0.533. The average Bonchev–Trinajstić information content (AvgIpc) is 2.47. The molecule has 0 saturated carbocycles. The minimum Gasteiger partial charge on any atom is -0.497 e. The molecule has 0 bridgehead atoms. The summed E-state index contributed by atoms with van der Waals surface area (Å²) in [6, 6.07) is 7.65. The molecular weight excluding hydrogens is 238 g/mol. The maximum Gasteiger partial charge on any atom is 0.121 e. The number of nitriles is 1. The third kappa shape index (κ3) is 4.80. The molecule has 0 aromatic heterocycles. The predicted molar refractivity (Wildman–Crippen MR) is 78.6 cm³/mol. The summed E-state index contributed by atoms with van der Waals surface area (Å²) in [7, 11) is 1.63. The highest BCUT2D eigenvalue weighted by atomic mass is 16.5. The van der Waals surface area contributed by atoms with Gasteiger partial charge in [0.1, 0.15) is 11.8 Å². The molecule has 0 unspecified atom stereocenters. The maximum atomic E-state index is 9.06. The second-order valence-electron chi connectivity index (χ2n) is 4.33. The van der Waals surface area contributed by atoms with Crippen LogP contribution in [0.1, 0.15) is 25.8 Å². The summed E-state index contributed by atoms with van der Waals surface area (Å²) >= 11 is 0. The van der Waals surface area contributed by atoms with Crippen molar-refractivity contribution in [3.8, 4) is 11.8 Å². The normalized spacial score (nSPS) is 10.3. The van der Waals surface area contributed by atoms with Crippen LogP contribution in [0.15, 0.2) is 18.2 Å². The minimum atomic E-state index is 0.656. The summed E-state index contributed by atoms with van der Waals surface area (Å²) in [5, 5.41) is 12.4. The van der Waals surface area contributed by atoms with Gasteiger partial charge in [-0.2, -0.15) is 5.26 Å². The predicted octanol–water partition coefficient (Wildman–Crippen LogP) is 2.71. The molecule has 4 nitrogen and oxygen atoms in total. The SMILES string of the molecule is CCN(CC)CCCNc1cc(OC)ccc1C#N. The number of ether oxygens (including phenoxy) is 1. The summed E-state index contributed by atoms with van der Waals surface area (Å²) in [5.74, 6) is 0.769. The van der Waals surface area contributed by atoms with Crippen molar-refractivity contribution in [1.82, 2.24) is 4.90 Å². The molecule has 1 N–H and O–H groups in total. The van der Waals surface area contributed by atoms with E-state index in [1.807, 2.05) is 6.07 Å². The number of benzene rings is 1. The quantitative estimate of drug-likeness (QED) is 0.731. The Kier molecular flexibility index (Phi) is 6.76. The van der Waals surface area contributed by atoms with Crippen molar-refractivity contribution in [3.63, 3.8) is 0 Å². The maximum absolute atomic E-state index is 9.06. The molecule has 0 aliphatic heterocycles. The van der Waals surface area contributed by atoms with Gasteiger partial charge in [0.2, 0.25) is 0 Å². The number of nitrogens with one attached hydrogen (secondary N) is 1. The molecule has 1 rings (SSSR count). The smallest absolute Gasteiger partial charge is 0.121 e. The summed E-state index contributed by atoms with van der Waals surface area (Å²) in [5.41, 5.74) is 1.50. The lowest BCUT2D eigenvalue weighted by Gasteiger charge is -2.18. The van der Waals surface area contributed by atoms with Crippen LogP contribution in [-0.4, -0.2) is 38.2 Å². The number of hydrogen-bond acceptors (Lipinski definition) is 4. The molecule has 0 saturated heterocycles. The van der Waals surface area contributed by atoms with Crippen molar-refractivity contribution in [1.29, 1.82) is 5.26 Å². The number of rotatable bonds is 8. The lowest BCUT2D eigenvalue weighted by atomic mass is 10.2. The Morgan fingerprint density at radius 2 is 2.05 bits per heavy atom. The van der Waals surface area contributed by atoms with Gasteiger partial charge in [-0.25, -0.2) is 0 Å². The number of methoxy groups -OCH3 is 1. The van der Waals surface area contributed by atoms with E-state index in [1.165, 1.54) is 0 Å². The molecule has 0 aliphatic rings. The zero-order chi connectivity index (χ0) is 14.1. The molecule has 0 heterocycles. The van der Waals surface area contributed by atoms with Crippen molar-refractivity contribution in [2.24, 2.45) is 0 Å². The van der Waals surface area contributed by atoms with Crippen molar-refractivity contribution < 1.29 is 4.74 Å². The Hall–Kier alpha value is -1.73. The van der Waals surface area contributed by atoms with Crippen molar-refractivity contribution in [2.45, 2.75) is 20.3 Å². The van der Waals surface area contributed by atoms with E-state index in [0.717, 1.165) is 44.0 Å². The number of hydrogen-bond donors (Lipinski definition) is 1. The molecule has 4 heteroatoms. The third-order valence-electron chi connectivity index (χ3n) is 3.21. The second kappa shape index (κ2) is 8.39. The van der Waals surface area contributed by atoms with Gasteiger partial charge in [-0.3, -0.25) is 0 Å². The van der Waals surface area contributed by atoms with Crippen LogP contribution in [0.4, 0.5) is 5.69 Å². The Morgan fingerprint density at radius 1 is 1.32 bits per heavy atom. The zero-order valence-electron chi connectivity index (χ0n) is 12.1. The standard InChI is InChI=1S/C15H23N3O/c1-4-18(5-2)10-6-9-17-15-11-14(19-3)8-7-13(15)12-16/h7-8,11,17H,4-6,9-10H2,1-3H3. The van der Waals surface area contributed by atoms with E-state index in [2.05, 4.69) is 30.1 Å². The first-order chi connectivity index (χ1) is 9.24. The number of anilines is 1. The highest BCUT2D eigenvalue weighted by molar-refractivity contribution is 5.60. The van der Waals surface area contributed by atoms with E-state index >= 15 is 0 Å². The van der Waals surface area contributed by atoms with Crippen molar-refractivity contribution >= 4 is 5.69 Å². The zero-order valence-corrected chi connectivity index (χ0v) is 12.1. The molecule has 104 valence electrons. The summed E-state index contributed by atoms with van der Waals surface area (Å²) < 4.78 is 5.18. The molecule has 0 aliphatic carbocycles. The summed E-state index contributed by atoms with van der Waals surface area (Å²) in [6.45, 7) is 8.45. The molecule has 0 amide bonds. The van der Waals surface area contributed by atoms with E-state index in [4.69, 9.17) is 10.00 Å². The van der Waals surface area contributed by atoms with Gasteiger partial charge in [0.05, 0.1) is 18.4 Å². The Balaban J connectivity index is 2.50. The van der Waals surface area contributed by atoms with Gasteiger partial charge < -0.3 is 15.0 Å². The monoisotopic (exact) mass is 261 g/mol. The molecule has 19 heavy (non-hydrogen) atoms. The first kappa shape index (κ1) is 15.3. The van der Waals surface area contributed by atoms with Gasteiger partial charge in [-0.1, -0.05) is 13.8 Å². The Morgan fingerprint density at radius 3 is 2.63 bits per heavy atom. The van der Waals surface area contributed by atoms with Crippen LogP contribution in [0, 0.1) is 11.3 Å². The molecule has 1 aromatic carbocycles. The van der Waals surface area contributed by atoms with Crippen LogP contribution in [-0.2, 0) is 0 Å². The molecule has 0 radical (unpaired) electrons. The lowest BCUT2D eigenvalue weighted by molar-refractivity contribution is 0.303. The molecule has 0 atom stereocenters. The van der Waals surface area contributed by atoms with Crippen LogP contribution >= 0.6 is 0 Å². The van der Waals surface area contributed by atoms with Crippen molar-refractivity contribution in [3.05, 3.63) is 23.8 Å². The minimum absolute atomic E-state index is 0.656. The average molecular weight is 261 g/mol. The van der Waals surface area contributed by atoms with Crippen LogP contribution in [0.3, 0.4) is 0 Å². The number of nitrogens with zero attached hydrogens (tertiary/aromatic N) is 2. The highest BCUT2D eigenvalue weighted by Crippen LogP contribution is 2.21. The Labute approximate surface area is 116 Å². The summed E-state index contributed by atoms with van der Waals surface area (Å²) in [6.07, 6.45) is 1.06. The third-order valence-corrected chi connectivity index (χ3v) is 3.21. The molecule has 0 fully saturated rings. The fourth-order valence-electron chi connectivity index (χ4n) is 1.96. The van der Waals surface area contributed by atoms with E-state index in [1.54, 1.807) is 19.2 Å². The second-order valence-corrected chi connectivity index (χ2v) is 4.33. The van der Waals surface area contributed by atoms with Gasteiger partial charge in [0.15, 0.2) is 0 Å². The summed E-state index contributed by atoms with van der Waals surface area (Å²) in [4.78, 5) is 2.39. The van der Waals surface area contributed by atoms with Gasteiger partial charge >= 0.3 is 0 Å². The van der Waals surface area contributed by atoms with Crippen LogP contribution in [0.25, 0.3) is 0 Å². The lowest BCUT2D eigenvalue weighted by Crippen LogP contribution is -2.25. The van der Waals surface area contributed by atoms with Crippen LogP contribution in [0.5, 0.6) is 5.75 Å². The van der Waals surface area contributed by atoms with E-state index < -0.39 is 0 Å². The first-order valence-corrected chi connectivity index (χ1v) is 6.79. The van der Waals surface area contributed by atoms with E-state index in [-0.39, 0.29) is 0 Å². The van der Waals surface area contributed by atoms with Gasteiger partial charge in [-0.05, 0) is 38.2 Å². The molecule has 1 aromatic rings. The van der Waals surface area contributed by atoms with Crippen LogP contribution in [0.2, 0.25) is 0 Å². The van der Waals surface area contributed by atoms with Gasteiger partial charge in [0, 0.05) is 12.6 Å². The van der Waals surface area contributed by atoms with Crippen LogP contribution < -0.4 is 10.1 Å². The Bertz CT molecular complexity index is 422. The van der Waals surface area contributed by atoms with E-state index in [9.17, 15) is 0 Å². The molecule has 0 spiro atoms. The highest BCUT2D eigenvalue weighted by Gasteiger charge is 2.04. The molecular formula is C15H23N3O. The largest absolute Gasteiger partial charge is 0.497 e. The topological polar surface area (TPSA) is 48.3 Å². The fourth-order valence-corrected chi connectivity index (χ4v) is 1.96. The van der Waals surface area contributed by atoms with E-state index in [0.29, 0.717) is 5.56 Å². The first-order valence-electron chi connectivity index (χ1n) is 6.79.